The van der Waals surface area contributed by atoms with Crippen LogP contribution in [0.4, 0.5) is 0 Å². The predicted octanol–water partition coefficient (Wildman–Crippen LogP) is 2.82. The van der Waals surface area contributed by atoms with Gasteiger partial charge in [-0.15, -0.1) is 0 Å². The van der Waals surface area contributed by atoms with E-state index in [1.165, 1.54) is 0 Å². The first-order chi connectivity index (χ1) is 8.86. The summed E-state index contributed by atoms with van der Waals surface area (Å²) in [6, 6.07) is 0. The molecule has 0 aromatic carbocycles. The van der Waals surface area contributed by atoms with Crippen LogP contribution >= 0.6 is 0 Å². The Hall–Kier alpha value is -1.70. The Balaban J connectivity index is 2.29. The first-order valence-corrected chi connectivity index (χ1v) is 6.59. The molecule has 0 spiro atoms. The molecule has 19 heavy (non-hydrogen) atoms. The Labute approximate surface area is 115 Å². The van der Waals surface area contributed by atoms with Crippen molar-refractivity contribution in [1.82, 2.24) is 0 Å². The van der Waals surface area contributed by atoms with E-state index in [9.17, 15) is 0 Å². The zero-order valence-electron chi connectivity index (χ0n) is 11.6. The maximum atomic E-state index is 6.17. The number of rotatable bonds is 0. The average molecular weight is 248 g/mol. The summed E-state index contributed by atoms with van der Waals surface area (Å²) in [6.07, 6.45) is 16.6. The summed E-state index contributed by atoms with van der Waals surface area (Å²) in [7, 11) is 6.17. The highest BCUT2D eigenvalue weighted by molar-refractivity contribution is 6.20. The summed E-state index contributed by atoms with van der Waals surface area (Å²) in [4.78, 5) is 0. The van der Waals surface area contributed by atoms with Crippen molar-refractivity contribution in [3.05, 3.63) is 46.3 Å². The van der Waals surface area contributed by atoms with E-state index in [0.717, 1.165) is 22.0 Å². The predicted molar refractivity (Wildman–Crippen MR) is 82.0 cm³/mol. The summed E-state index contributed by atoms with van der Waals surface area (Å²) in [6.45, 7) is 6.32. The average Bonchev–Trinajstić information content (AvgIpc) is 2.41. The van der Waals surface area contributed by atoms with Crippen molar-refractivity contribution < 1.29 is 4.42 Å². The summed E-state index contributed by atoms with van der Waals surface area (Å²) in [5, 5.41) is 0.643. The highest BCUT2D eigenvalue weighted by atomic mass is 16.3. The lowest BCUT2D eigenvalue weighted by atomic mass is 9.70. The van der Waals surface area contributed by atoms with Gasteiger partial charge in [-0.05, 0) is 17.5 Å². The molecule has 0 bridgehead atoms. The second-order valence-corrected chi connectivity index (χ2v) is 6.18. The van der Waals surface area contributed by atoms with Crippen molar-refractivity contribution in [3.8, 4) is 0 Å². The minimum absolute atomic E-state index is 0.0566. The third-order valence-electron chi connectivity index (χ3n) is 3.55. The number of allylic oxidation sites excluding steroid dienone is 4. The van der Waals surface area contributed by atoms with Crippen LogP contribution in [0.2, 0.25) is 5.31 Å². The molecule has 1 heterocycles. The van der Waals surface area contributed by atoms with E-state index >= 15 is 0 Å². The van der Waals surface area contributed by atoms with Gasteiger partial charge in [-0.2, -0.15) is 0 Å². The lowest BCUT2D eigenvalue weighted by molar-refractivity contribution is 0.518. The van der Waals surface area contributed by atoms with Crippen molar-refractivity contribution in [1.29, 1.82) is 0 Å². The van der Waals surface area contributed by atoms with Gasteiger partial charge in [-0.25, -0.2) is 0 Å². The molecular formula is C17H17BO. The van der Waals surface area contributed by atoms with Crippen LogP contribution < -0.4 is 10.6 Å². The molecule has 2 aliphatic rings. The first-order valence-electron chi connectivity index (χ1n) is 6.59. The van der Waals surface area contributed by atoms with E-state index in [0.29, 0.717) is 0 Å². The van der Waals surface area contributed by atoms with E-state index in [-0.39, 0.29) is 5.41 Å². The van der Waals surface area contributed by atoms with Crippen LogP contribution in [0.3, 0.4) is 0 Å². The van der Waals surface area contributed by atoms with Crippen molar-refractivity contribution in [2.24, 2.45) is 5.41 Å². The van der Waals surface area contributed by atoms with Crippen LogP contribution in [-0.4, -0.2) is 7.85 Å². The molecule has 1 atom stereocenters. The molecule has 1 nitrogen and oxygen atoms in total. The van der Waals surface area contributed by atoms with E-state index in [1.54, 1.807) is 0 Å². The SMILES string of the molecule is [B]C1(C)C=CC=c2c3c(oc2=C1)C=CC(C)(C)C=C3. The Morgan fingerprint density at radius 3 is 2.58 bits per heavy atom. The summed E-state index contributed by atoms with van der Waals surface area (Å²) in [5.74, 6) is 0.908. The van der Waals surface area contributed by atoms with Gasteiger partial charge in [0.05, 0.1) is 7.85 Å². The molecule has 3 rings (SSSR count). The molecule has 2 heteroatoms. The van der Waals surface area contributed by atoms with E-state index < -0.39 is 5.31 Å². The molecule has 2 radical (unpaired) electrons. The van der Waals surface area contributed by atoms with Gasteiger partial charge < -0.3 is 4.42 Å². The number of hydrogen-bond acceptors (Lipinski definition) is 1. The van der Waals surface area contributed by atoms with Crippen LogP contribution in [0.25, 0.3) is 24.3 Å². The lowest BCUT2D eigenvalue weighted by Crippen LogP contribution is -2.22. The van der Waals surface area contributed by atoms with E-state index in [4.69, 9.17) is 12.3 Å². The highest BCUT2D eigenvalue weighted by Gasteiger charge is 2.18. The molecule has 2 aliphatic carbocycles. The molecule has 0 saturated heterocycles. The normalized spacial score (nSPS) is 26.7. The van der Waals surface area contributed by atoms with Gasteiger partial charge in [0.15, 0.2) is 0 Å². The van der Waals surface area contributed by atoms with Crippen LogP contribution in [0, 0.1) is 5.41 Å². The zero-order chi connectivity index (χ0) is 13.7. The van der Waals surface area contributed by atoms with Gasteiger partial charge in [0.1, 0.15) is 11.2 Å². The lowest BCUT2D eigenvalue weighted by Gasteiger charge is -2.12. The van der Waals surface area contributed by atoms with Gasteiger partial charge in [-0.3, -0.25) is 0 Å². The molecule has 94 valence electrons. The summed E-state index contributed by atoms with van der Waals surface area (Å²) >= 11 is 0. The van der Waals surface area contributed by atoms with Gasteiger partial charge in [-0.1, -0.05) is 57.2 Å². The largest absolute Gasteiger partial charge is 0.456 e. The fourth-order valence-electron chi connectivity index (χ4n) is 2.40. The number of hydrogen-bond donors (Lipinski definition) is 0. The van der Waals surface area contributed by atoms with E-state index in [2.05, 4.69) is 44.2 Å². The molecule has 1 unspecified atom stereocenters. The van der Waals surface area contributed by atoms with Gasteiger partial charge in [0.2, 0.25) is 0 Å². The molecule has 0 fully saturated rings. The van der Waals surface area contributed by atoms with Crippen molar-refractivity contribution >= 4 is 32.2 Å². The Kier molecular flexibility index (Phi) is 2.53. The van der Waals surface area contributed by atoms with Crippen LogP contribution in [0.5, 0.6) is 0 Å². The van der Waals surface area contributed by atoms with Crippen molar-refractivity contribution in [2.75, 3.05) is 0 Å². The standard InChI is InChI=1S/C17H17BO/c1-16(2)9-6-13-12-5-4-8-17(3,18)11-15(12)19-14(13)7-10-16/h4-11H,1-3H3. The molecular weight excluding hydrogens is 231 g/mol. The van der Waals surface area contributed by atoms with Gasteiger partial charge in [0.25, 0.3) is 0 Å². The fraction of sp³-hybridized carbons (Fsp3) is 0.294. The molecule has 0 saturated carbocycles. The first kappa shape index (κ1) is 12.3. The Morgan fingerprint density at radius 1 is 1.05 bits per heavy atom. The summed E-state index contributed by atoms with van der Waals surface area (Å²) < 4.78 is 5.97. The number of fused-ring (bicyclic) bond motifs is 3. The molecule has 0 amide bonds. The Bertz CT molecular complexity index is 724. The highest BCUT2D eigenvalue weighted by Crippen LogP contribution is 2.28. The monoisotopic (exact) mass is 248 g/mol. The Morgan fingerprint density at radius 2 is 1.79 bits per heavy atom. The summed E-state index contributed by atoms with van der Waals surface area (Å²) in [5.41, 5.74) is 2.05. The van der Waals surface area contributed by atoms with Crippen molar-refractivity contribution in [3.63, 3.8) is 0 Å². The topological polar surface area (TPSA) is 13.1 Å². The van der Waals surface area contributed by atoms with Crippen LogP contribution in [-0.2, 0) is 0 Å². The van der Waals surface area contributed by atoms with Gasteiger partial charge >= 0.3 is 0 Å². The quantitative estimate of drug-likeness (QED) is 0.643. The zero-order valence-corrected chi connectivity index (χ0v) is 11.6. The number of furan rings is 1. The van der Waals surface area contributed by atoms with Crippen LogP contribution in [0.15, 0.2) is 28.7 Å². The van der Waals surface area contributed by atoms with Crippen molar-refractivity contribution in [2.45, 2.75) is 26.1 Å². The second-order valence-electron chi connectivity index (χ2n) is 6.18. The molecule has 0 N–H and O–H groups in total. The van der Waals surface area contributed by atoms with E-state index in [1.807, 2.05) is 25.2 Å². The van der Waals surface area contributed by atoms with Crippen LogP contribution in [0.1, 0.15) is 32.1 Å². The minimum Gasteiger partial charge on any atom is -0.456 e. The molecule has 0 aliphatic heterocycles. The smallest absolute Gasteiger partial charge is 0.135 e. The maximum Gasteiger partial charge on any atom is 0.135 e. The molecule has 1 aromatic rings. The third-order valence-corrected chi connectivity index (χ3v) is 3.55. The van der Waals surface area contributed by atoms with Gasteiger partial charge in [0, 0.05) is 16.2 Å². The molecule has 1 aromatic heterocycles. The fourth-order valence-corrected chi connectivity index (χ4v) is 2.40. The minimum atomic E-state index is -0.467. The third kappa shape index (κ3) is 2.27. The second kappa shape index (κ2) is 3.90. The maximum absolute atomic E-state index is 6.17.